The van der Waals surface area contributed by atoms with E-state index in [2.05, 4.69) is 31.3 Å². The van der Waals surface area contributed by atoms with Crippen LogP contribution in [0.5, 0.6) is 0 Å². The summed E-state index contributed by atoms with van der Waals surface area (Å²) in [6, 6.07) is -0.796. The smallest absolute Gasteiger partial charge is 0.268 e. The minimum atomic E-state index is -4.57. The van der Waals surface area contributed by atoms with Gasteiger partial charge in [-0.3, -0.25) is 9.36 Å². The van der Waals surface area contributed by atoms with Gasteiger partial charge in [0.05, 0.1) is 39.9 Å². The number of quaternary nitrogens is 1. The molecule has 0 aromatic rings. The van der Waals surface area contributed by atoms with Gasteiger partial charge in [-0.1, -0.05) is 270 Å². The summed E-state index contributed by atoms with van der Waals surface area (Å²) in [7, 11) is 1.32. The predicted molar refractivity (Wildman–Crippen MR) is 289 cm³/mol. The summed E-state index contributed by atoms with van der Waals surface area (Å²) < 4.78 is 23.4. The zero-order valence-corrected chi connectivity index (χ0v) is 46.5. The summed E-state index contributed by atoms with van der Waals surface area (Å²) in [4.78, 5) is 25.5. The fraction of sp³-hybridized carbons (Fsp3) is 0.948. The number of phosphoric ester groups is 1. The molecule has 2 N–H and O–H groups in total. The SMILES string of the molecule is CCCCCCCCCCCCCC/C=C\CCCCCCCCCCCCCCCCCC(=O)NC(COP(=O)([O-])OCC[N+](C)(C)C)C(O)CCCCCCCCCCCCCCCC. The molecule has 0 heterocycles. The van der Waals surface area contributed by atoms with Gasteiger partial charge in [-0.15, -0.1) is 0 Å². The van der Waals surface area contributed by atoms with Gasteiger partial charge < -0.3 is 28.8 Å². The molecule has 0 saturated heterocycles. The van der Waals surface area contributed by atoms with Crippen LogP contribution in [-0.2, 0) is 18.4 Å². The van der Waals surface area contributed by atoms with Gasteiger partial charge in [0.25, 0.3) is 7.82 Å². The average Bonchev–Trinajstić information content (AvgIpc) is 3.29. The quantitative estimate of drug-likeness (QED) is 0.0272. The molecule has 0 bridgehead atoms. The first-order valence-electron chi connectivity index (χ1n) is 29.5. The Morgan fingerprint density at radius 1 is 0.507 bits per heavy atom. The van der Waals surface area contributed by atoms with Crippen LogP contribution < -0.4 is 10.2 Å². The largest absolute Gasteiger partial charge is 0.756 e. The highest BCUT2D eigenvalue weighted by Crippen LogP contribution is 2.38. The first-order valence-corrected chi connectivity index (χ1v) is 31.0. The molecular weight excluding hydrogens is 852 g/mol. The Kier molecular flexibility index (Phi) is 49.6. The van der Waals surface area contributed by atoms with Crippen LogP contribution in [0.4, 0.5) is 0 Å². The van der Waals surface area contributed by atoms with Crippen molar-refractivity contribution in [1.82, 2.24) is 5.32 Å². The first kappa shape index (κ1) is 66.2. The Balaban J connectivity index is 3.99. The van der Waals surface area contributed by atoms with Gasteiger partial charge in [0.15, 0.2) is 0 Å². The van der Waals surface area contributed by atoms with Crippen molar-refractivity contribution in [3.8, 4) is 0 Å². The molecular formula is C58H117N2O6P. The number of nitrogens with zero attached hydrogens (tertiary/aromatic N) is 1. The van der Waals surface area contributed by atoms with E-state index in [0.717, 1.165) is 38.5 Å². The Labute approximate surface area is 418 Å². The second kappa shape index (κ2) is 50.2. The number of rotatable bonds is 55. The van der Waals surface area contributed by atoms with Crippen molar-refractivity contribution in [2.45, 2.75) is 315 Å². The first-order chi connectivity index (χ1) is 32.5. The van der Waals surface area contributed by atoms with Crippen LogP contribution in [0.15, 0.2) is 12.2 Å². The van der Waals surface area contributed by atoms with Crippen molar-refractivity contribution in [1.29, 1.82) is 0 Å². The summed E-state index contributed by atoms with van der Waals surface area (Å²) in [5, 5.41) is 14.0. The van der Waals surface area contributed by atoms with Gasteiger partial charge in [0, 0.05) is 6.42 Å². The summed E-state index contributed by atoms with van der Waals surface area (Å²) in [6.45, 7) is 4.76. The lowest BCUT2D eigenvalue weighted by molar-refractivity contribution is -0.870. The van der Waals surface area contributed by atoms with E-state index in [-0.39, 0.29) is 19.1 Å². The van der Waals surface area contributed by atoms with Gasteiger partial charge in [0.2, 0.25) is 5.91 Å². The average molecular weight is 970 g/mol. The number of aliphatic hydroxyl groups is 1. The Hall–Kier alpha value is -0.760. The second-order valence-electron chi connectivity index (χ2n) is 21.7. The van der Waals surface area contributed by atoms with E-state index in [1.807, 2.05) is 21.1 Å². The van der Waals surface area contributed by atoms with Crippen LogP contribution in [0, 0.1) is 0 Å². The summed E-state index contributed by atoms with van der Waals surface area (Å²) in [5.74, 6) is -0.159. The maximum atomic E-state index is 13.0. The molecule has 0 aliphatic carbocycles. The minimum Gasteiger partial charge on any atom is -0.756 e. The standard InChI is InChI=1S/C58H117N2O6P/c1-6-8-10-12-14-16-18-20-22-23-24-25-26-27-28-29-30-31-32-33-34-35-36-37-38-40-42-44-46-48-50-52-58(62)59-56(55-66-67(63,64)65-54-53-60(3,4)5)57(61)51-49-47-45-43-41-39-21-19-17-15-13-11-9-7-2/h27-28,56-57,61H,6-26,29-55H2,1-5H3,(H-,59,62,63,64)/b28-27-. The molecule has 0 fully saturated rings. The van der Waals surface area contributed by atoms with Crippen LogP contribution in [-0.4, -0.2) is 68.5 Å². The van der Waals surface area contributed by atoms with E-state index >= 15 is 0 Å². The lowest BCUT2D eigenvalue weighted by atomic mass is 10.0. The van der Waals surface area contributed by atoms with Crippen LogP contribution in [0.3, 0.4) is 0 Å². The zero-order valence-electron chi connectivity index (χ0n) is 45.6. The minimum absolute atomic E-state index is 0.0150. The predicted octanol–water partition coefficient (Wildman–Crippen LogP) is 17.2. The van der Waals surface area contributed by atoms with Crippen molar-refractivity contribution < 1.29 is 32.9 Å². The molecule has 0 radical (unpaired) electrons. The third-order valence-electron chi connectivity index (χ3n) is 13.8. The summed E-state index contributed by atoms with van der Waals surface area (Å²) >= 11 is 0. The van der Waals surface area contributed by atoms with Crippen LogP contribution in [0.25, 0.3) is 0 Å². The fourth-order valence-corrected chi connectivity index (χ4v) is 9.82. The van der Waals surface area contributed by atoms with Crippen molar-refractivity contribution in [2.24, 2.45) is 0 Å². The molecule has 9 heteroatoms. The molecule has 1 amide bonds. The highest BCUT2D eigenvalue weighted by atomic mass is 31.2. The van der Waals surface area contributed by atoms with Crippen LogP contribution in [0.1, 0.15) is 303 Å². The maximum Gasteiger partial charge on any atom is 0.268 e. The number of hydrogen-bond donors (Lipinski definition) is 2. The zero-order chi connectivity index (χ0) is 49.2. The molecule has 0 aromatic carbocycles. The fourth-order valence-electron chi connectivity index (χ4n) is 9.10. The third kappa shape index (κ3) is 52.9. The van der Waals surface area contributed by atoms with Gasteiger partial charge in [-0.2, -0.15) is 0 Å². The molecule has 8 nitrogen and oxygen atoms in total. The maximum absolute atomic E-state index is 13.0. The number of aliphatic hydroxyl groups excluding tert-OH is 1. The molecule has 0 spiro atoms. The molecule has 3 atom stereocenters. The number of hydrogen-bond acceptors (Lipinski definition) is 6. The number of phosphoric acid groups is 1. The van der Waals surface area contributed by atoms with Crippen molar-refractivity contribution in [2.75, 3.05) is 40.9 Å². The molecule has 0 aromatic heterocycles. The van der Waals surface area contributed by atoms with E-state index in [1.54, 1.807) is 0 Å². The lowest BCUT2D eigenvalue weighted by Crippen LogP contribution is -2.46. The number of unbranched alkanes of at least 4 members (excludes halogenated alkanes) is 40. The molecule has 3 unspecified atom stereocenters. The molecule has 0 aliphatic heterocycles. The number of carbonyl (C=O) groups excluding carboxylic acids is 1. The van der Waals surface area contributed by atoms with E-state index in [9.17, 15) is 19.4 Å². The molecule has 400 valence electrons. The second-order valence-corrected chi connectivity index (χ2v) is 23.1. The Morgan fingerprint density at radius 2 is 0.821 bits per heavy atom. The van der Waals surface area contributed by atoms with E-state index < -0.39 is 20.0 Å². The molecule has 0 rings (SSSR count). The lowest BCUT2D eigenvalue weighted by Gasteiger charge is -2.30. The third-order valence-corrected chi connectivity index (χ3v) is 14.7. The number of likely N-dealkylation sites (N-methyl/N-ethyl adjacent to an activating group) is 1. The number of carbonyl (C=O) groups is 1. The summed E-state index contributed by atoms with van der Waals surface area (Å²) in [6.07, 6.45) is 61.1. The Bertz CT molecular complexity index is 1100. The molecule has 67 heavy (non-hydrogen) atoms. The molecule has 0 aliphatic rings. The van der Waals surface area contributed by atoms with E-state index in [1.165, 1.54) is 238 Å². The van der Waals surface area contributed by atoms with Gasteiger partial charge in [0.1, 0.15) is 13.2 Å². The van der Waals surface area contributed by atoms with Crippen molar-refractivity contribution in [3.05, 3.63) is 12.2 Å². The Morgan fingerprint density at radius 3 is 1.16 bits per heavy atom. The van der Waals surface area contributed by atoms with Gasteiger partial charge >= 0.3 is 0 Å². The van der Waals surface area contributed by atoms with Gasteiger partial charge in [-0.25, -0.2) is 0 Å². The highest BCUT2D eigenvalue weighted by molar-refractivity contribution is 7.45. The van der Waals surface area contributed by atoms with Crippen LogP contribution >= 0.6 is 7.82 Å². The molecule has 0 saturated carbocycles. The highest BCUT2D eigenvalue weighted by Gasteiger charge is 2.24. The number of amides is 1. The normalized spacial score (nSPS) is 14.0. The van der Waals surface area contributed by atoms with Gasteiger partial charge in [-0.05, 0) is 38.5 Å². The van der Waals surface area contributed by atoms with E-state index in [4.69, 9.17) is 9.05 Å². The number of allylic oxidation sites excluding steroid dienone is 2. The van der Waals surface area contributed by atoms with Crippen molar-refractivity contribution in [3.63, 3.8) is 0 Å². The monoisotopic (exact) mass is 969 g/mol. The van der Waals surface area contributed by atoms with E-state index in [0.29, 0.717) is 23.9 Å². The number of nitrogens with one attached hydrogen (secondary N) is 1. The summed E-state index contributed by atoms with van der Waals surface area (Å²) in [5.41, 5.74) is 0. The van der Waals surface area contributed by atoms with Crippen molar-refractivity contribution >= 4 is 13.7 Å². The topological polar surface area (TPSA) is 108 Å². The van der Waals surface area contributed by atoms with Crippen LogP contribution in [0.2, 0.25) is 0 Å².